The third-order valence-corrected chi connectivity index (χ3v) is 6.65. The topological polar surface area (TPSA) is 18.5 Å². The molecule has 0 aromatic rings. The van der Waals surface area contributed by atoms with Crippen molar-refractivity contribution in [3.63, 3.8) is 0 Å². The second-order valence-corrected chi connectivity index (χ2v) is 7.65. The SMILES string of the molecule is CNC1CC2CCCC(C1)N2C1CCN2CCCC2C1. The highest BCUT2D eigenvalue weighted by Gasteiger charge is 2.43. The van der Waals surface area contributed by atoms with Crippen molar-refractivity contribution in [2.45, 2.75) is 88.0 Å². The molecule has 0 aromatic carbocycles. The molecule has 0 aliphatic carbocycles. The summed E-state index contributed by atoms with van der Waals surface area (Å²) >= 11 is 0. The van der Waals surface area contributed by atoms with E-state index in [1.54, 1.807) is 0 Å². The van der Waals surface area contributed by atoms with Gasteiger partial charge in [0, 0.05) is 30.2 Å². The van der Waals surface area contributed by atoms with E-state index in [9.17, 15) is 0 Å². The lowest BCUT2D eigenvalue weighted by atomic mass is 9.79. The molecule has 4 aliphatic heterocycles. The smallest absolute Gasteiger partial charge is 0.0128 e. The van der Waals surface area contributed by atoms with Crippen molar-refractivity contribution in [1.29, 1.82) is 0 Å². The Morgan fingerprint density at radius 3 is 2.20 bits per heavy atom. The predicted octanol–water partition coefficient (Wildman–Crippen LogP) is 2.22. The number of rotatable bonds is 2. The van der Waals surface area contributed by atoms with Crippen LogP contribution in [0.25, 0.3) is 0 Å². The highest BCUT2D eigenvalue weighted by atomic mass is 15.3. The van der Waals surface area contributed by atoms with E-state index in [2.05, 4.69) is 22.2 Å². The van der Waals surface area contributed by atoms with Gasteiger partial charge in [-0.25, -0.2) is 0 Å². The molecule has 3 nitrogen and oxygen atoms in total. The van der Waals surface area contributed by atoms with Crippen molar-refractivity contribution >= 4 is 0 Å². The molecule has 114 valence electrons. The van der Waals surface area contributed by atoms with Crippen LogP contribution in [0, 0.1) is 0 Å². The Morgan fingerprint density at radius 1 is 0.750 bits per heavy atom. The number of piperidine rings is 3. The van der Waals surface area contributed by atoms with Crippen LogP contribution >= 0.6 is 0 Å². The average molecular weight is 277 g/mol. The normalized spacial score (nSPS) is 46.4. The first kappa shape index (κ1) is 13.5. The van der Waals surface area contributed by atoms with E-state index < -0.39 is 0 Å². The van der Waals surface area contributed by atoms with E-state index in [-0.39, 0.29) is 0 Å². The summed E-state index contributed by atoms with van der Waals surface area (Å²) in [7, 11) is 2.16. The van der Waals surface area contributed by atoms with Gasteiger partial charge in [0.2, 0.25) is 0 Å². The second-order valence-electron chi connectivity index (χ2n) is 7.65. The quantitative estimate of drug-likeness (QED) is 0.835. The summed E-state index contributed by atoms with van der Waals surface area (Å²) in [4.78, 5) is 5.78. The summed E-state index contributed by atoms with van der Waals surface area (Å²) < 4.78 is 0. The molecule has 1 N–H and O–H groups in total. The van der Waals surface area contributed by atoms with E-state index in [1.165, 1.54) is 70.9 Å². The first-order valence-electron chi connectivity index (χ1n) is 9.04. The van der Waals surface area contributed by atoms with E-state index in [0.29, 0.717) is 0 Å². The van der Waals surface area contributed by atoms with Gasteiger partial charge in [-0.15, -0.1) is 0 Å². The molecule has 4 fully saturated rings. The second kappa shape index (κ2) is 5.58. The van der Waals surface area contributed by atoms with Gasteiger partial charge >= 0.3 is 0 Å². The number of fused-ring (bicyclic) bond motifs is 3. The van der Waals surface area contributed by atoms with Crippen LogP contribution in [0.3, 0.4) is 0 Å². The maximum atomic E-state index is 3.56. The molecule has 20 heavy (non-hydrogen) atoms. The minimum atomic E-state index is 0.785. The summed E-state index contributed by atoms with van der Waals surface area (Å²) in [6, 6.07) is 4.39. The summed E-state index contributed by atoms with van der Waals surface area (Å²) in [6.07, 6.45) is 13.0. The van der Waals surface area contributed by atoms with Crippen LogP contribution < -0.4 is 5.32 Å². The third-order valence-electron chi connectivity index (χ3n) is 6.65. The zero-order valence-electron chi connectivity index (χ0n) is 13.1. The molecule has 4 atom stereocenters. The van der Waals surface area contributed by atoms with Gasteiger partial charge in [-0.3, -0.25) is 4.90 Å². The largest absolute Gasteiger partial charge is 0.317 e. The first-order chi connectivity index (χ1) is 9.85. The number of hydrogen-bond donors (Lipinski definition) is 1. The minimum absolute atomic E-state index is 0.785. The van der Waals surface area contributed by atoms with Crippen LogP contribution in [0.2, 0.25) is 0 Å². The van der Waals surface area contributed by atoms with E-state index >= 15 is 0 Å². The summed E-state index contributed by atoms with van der Waals surface area (Å²) in [5.74, 6) is 0. The zero-order chi connectivity index (χ0) is 13.5. The maximum absolute atomic E-state index is 3.56. The molecular formula is C17H31N3. The lowest BCUT2D eigenvalue weighted by Crippen LogP contribution is -2.61. The average Bonchev–Trinajstić information content (AvgIpc) is 2.93. The van der Waals surface area contributed by atoms with Crippen molar-refractivity contribution in [2.24, 2.45) is 0 Å². The standard InChI is InChI=1S/C17H31N3/c1-18-13-10-15-4-2-5-16(11-13)20(15)17-7-9-19-8-3-6-14(19)12-17/h13-18H,2-12H2,1H3. The van der Waals surface area contributed by atoms with Crippen LogP contribution in [0.4, 0.5) is 0 Å². The number of nitrogens with one attached hydrogen (secondary N) is 1. The van der Waals surface area contributed by atoms with Crippen LogP contribution in [0.1, 0.15) is 57.8 Å². The molecule has 0 aromatic heterocycles. The van der Waals surface area contributed by atoms with Crippen LogP contribution in [-0.4, -0.2) is 60.1 Å². The predicted molar refractivity (Wildman–Crippen MR) is 83.0 cm³/mol. The Morgan fingerprint density at radius 2 is 1.45 bits per heavy atom. The first-order valence-corrected chi connectivity index (χ1v) is 9.04. The molecule has 2 bridgehead atoms. The van der Waals surface area contributed by atoms with Crippen molar-refractivity contribution < 1.29 is 0 Å². The monoisotopic (exact) mass is 277 g/mol. The highest BCUT2D eigenvalue weighted by molar-refractivity contribution is 5.00. The van der Waals surface area contributed by atoms with Gasteiger partial charge in [-0.1, -0.05) is 6.42 Å². The van der Waals surface area contributed by atoms with E-state index in [0.717, 1.165) is 30.2 Å². The molecule has 0 radical (unpaired) electrons. The fourth-order valence-corrected chi connectivity index (χ4v) is 5.72. The number of hydrogen-bond acceptors (Lipinski definition) is 3. The van der Waals surface area contributed by atoms with Gasteiger partial charge < -0.3 is 10.2 Å². The molecule has 0 saturated carbocycles. The Bertz CT molecular complexity index is 331. The third kappa shape index (κ3) is 2.32. The fourth-order valence-electron chi connectivity index (χ4n) is 5.72. The lowest BCUT2D eigenvalue weighted by Gasteiger charge is -2.54. The van der Waals surface area contributed by atoms with Crippen molar-refractivity contribution in [1.82, 2.24) is 15.1 Å². The van der Waals surface area contributed by atoms with Crippen LogP contribution in [0.15, 0.2) is 0 Å². The molecule has 0 amide bonds. The summed E-state index contributed by atoms with van der Waals surface area (Å²) in [6.45, 7) is 2.76. The number of nitrogens with zero attached hydrogens (tertiary/aromatic N) is 2. The van der Waals surface area contributed by atoms with Gasteiger partial charge in [0.1, 0.15) is 0 Å². The van der Waals surface area contributed by atoms with Gasteiger partial charge in [0.25, 0.3) is 0 Å². The molecule has 4 heterocycles. The maximum Gasteiger partial charge on any atom is 0.0128 e. The van der Waals surface area contributed by atoms with E-state index in [1.807, 2.05) is 0 Å². The lowest BCUT2D eigenvalue weighted by molar-refractivity contribution is -0.0360. The molecule has 4 rings (SSSR count). The zero-order valence-corrected chi connectivity index (χ0v) is 13.1. The van der Waals surface area contributed by atoms with Crippen molar-refractivity contribution in [3.8, 4) is 0 Å². The molecule has 4 unspecified atom stereocenters. The molecule has 0 spiro atoms. The fraction of sp³-hybridized carbons (Fsp3) is 1.00. The van der Waals surface area contributed by atoms with Crippen LogP contribution in [-0.2, 0) is 0 Å². The van der Waals surface area contributed by atoms with Gasteiger partial charge in [0.15, 0.2) is 0 Å². The summed E-state index contributed by atoms with van der Waals surface area (Å²) in [5, 5.41) is 3.56. The molecular weight excluding hydrogens is 246 g/mol. The van der Waals surface area contributed by atoms with Crippen LogP contribution in [0.5, 0.6) is 0 Å². The Labute approximate surface area is 124 Å². The Balaban J connectivity index is 1.47. The summed E-state index contributed by atoms with van der Waals surface area (Å²) in [5.41, 5.74) is 0. The molecule has 4 aliphatic rings. The van der Waals surface area contributed by atoms with Gasteiger partial charge in [0.05, 0.1) is 0 Å². The van der Waals surface area contributed by atoms with Gasteiger partial charge in [-0.2, -0.15) is 0 Å². The Kier molecular flexibility index (Phi) is 3.78. The molecule has 4 saturated heterocycles. The minimum Gasteiger partial charge on any atom is -0.317 e. The molecule has 3 heteroatoms. The van der Waals surface area contributed by atoms with Gasteiger partial charge in [-0.05, 0) is 71.5 Å². The highest BCUT2D eigenvalue weighted by Crippen LogP contribution is 2.39. The van der Waals surface area contributed by atoms with Crippen molar-refractivity contribution in [3.05, 3.63) is 0 Å². The van der Waals surface area contributed by atoms with Crippen molar-refractivity contribution in [2.75, 3.05) is 20.1 Å². The Hall–Kier alpha value is -0.120. The van der Waals surface area contributed by atoms with E-state index in [4.69, 9.17) is 0 Å².